The quantitative estimate of drug-likeness (QED) is 0.674. The number of hydrogen-bond acceptors (Lipinski definition) is 4. The fourth-order valence-electron chi connectivity index (χ4n) is 1.80. The molecule has 2 rings (SSSR count). The summed E-state index contributed by atoms with van der Waals surface area (Å²) in [6.07, 6.45) is 1.51. The predicted octanol–water partition coefficient (Wildman–Crippen LogP) is 3.22. The summed E-state index contributed by atoms with van der Waals surface area (Å²) in [5, 5.41) is 14.0. The fraction of sp³-hybridized carbons (Fsp3) is 0.214. The molecule has 0 amide bonds. The lowest BCUT2D eigenvalue weighted by Gasteiger charge is -2.08. The highest BCUT2D eigenvalue weighted by atomic mass is 16.6. The Morgan fingerprint density at radius 1 is 1.26 bits per heavy atom. The second-order valence-electron chi connectivity index (χ2n) is 4.39. The molecule has 2 aromatic rings. The molecule has 5 heteroatoms. The van der Waals surface area contributed by atoms with Gasteiger partial charge in [-0.1, -0.05) is 24.3 Å². The van der Waals surface area contributed by atoms with Crippen LogP contribution in [-0.4, -0.2) is 9.91 Å². The molecule has 5 nitrogen and oxygen atoms in total. The molecule has 19 heavy (non-hydrogen) atoms. The van der Waals surface area contributed by atoms with Crippen LogP contribution in [0.5, 0.6) is 0 Å². The smallest absolute Gasteiger partial charge is 0.277 e. The Labute approximate surface area is 111 Å². The van der Waals surface area contributed by atoms with Crippen molar-refractivity contribution in [3.05, 3.63) is 63.3 Å². The fourth-order valence-corrected chi connectivity index (χ4v) is 1.80. The molecule has 1 aromatic heterocycles. The third-order valence-corrected chi connectivity index (χ3v) is 2.99. The van der Waals surface area contributed by atoms with Crippen LogP contribution in [-0.2, 0) is 6.54 Å². The summed E-state index contributed by atoms with van der Waals surface area (Å²) < 4.78 is 0. The molecular weight excluding hydrogens is 242 g/mol. The lowest BCUT2D eigenvalue weighted by atomic mass is 10.1. The molecule has 0 radical (unpaired) electrons. The van der Waals surface area contributed by atoms with Crippen molar-refractivity contribution in [2.24, 2.45) is 0 Å². The maximum atomic E-state index is 10.9. The number of rotatable bonds is 4. The summed E-state index contributed by atoms with van der Waals surface area (Å²) >= 11 is 0. The average molecular weight is 257 g/mol. The second kappa shape index (κ2) is 5.48. The summed E-state index contributed by atoms with van der Waals surface area (Å²) in [7, 11) is 0. The first kappa shape index (κ1) is 13.0. The van der Waals surface area contributed by atoms with Gasteiger partial charge in [0.05, 0.1) is 11.0 Å². The molecule has 1 heterocycles. The Bertz CT molecular complexity index is 611. The highest BCUT2D eigenvalue weighted by Crippen LogP contribution is 2.20. The largest absolute Gasteiger partial charge is 0.366 e. The van der Waals surface area contributed by atoms with Gasteiger partial charge in [0.2, 0.25) is 0 Å². The van der Waals surface area contributed by atoms with Gasteiger partial charge < -0.3 is 5.32 Å². The van der Waals surface area contributed by atoms with Gasteiger partial charge in [-0.15, -0.1) is 0 Å². The lowest BCUT2D eigenvalue weighted by Crippen LogP contribution is -2.04. The summed E-state index contributed by atoms with van der Waals surface area (Å²) in [5.74, 6) is 0.514. The Hall–Kier alpha value is -2.43. The highest BCUT2D eigenvalue weighted by Gasteiger charge is 2.11. The van der Waals surface area contributed by atoms with Gasteiger partial charge >= 0.3 is 0 Å². The van der Waals surface area contributed by atoms with Crippen molar-refractivity contribution >= 4 is 11.5 Å². The number of nitrogens with zero attached hydrogens (tertiary/aromatic N) is 2. The van der Waals surface area contributed by atoms with Gasteiger partial charge in [0.15, 0.2) is 0 Å². The minimum absolute atomic E-state index is 0.0854. The Balaban J connectivity index is 2.14. The first-order valence-corrected chi connectivity index (χ1v) is 5.97. The SMILES string of the molecule is Cc1ccccc1CNc1cc([N+](=O)[O-])c(C)cn1. The van der Waals surface area contributed by atoms with Crippen molar-refractivity contribution in [1.82, 2.24) is 4.98 Å². The van der Waals surface area contributed by atoms with Crippen LogP contribution in [0.15, 0.2) is 36.5 Å². The minimum Gasteiger partial charge on any atom is -0.366 e. The van der Waals surface area contributed by atoms with E-state index in [0.717, 1.165) is 5.56 Å². The summed E-state index contributed by atoms with van der Waals surface area (Å²) in [6, 6.07) is 9.46. The molecule has 0 fully saturated rings. The van der Waals surface area contributed by atoms with E-state index in [1.807, 2.05) is 31.2 Å². The van der Waals surface area contributed by atoms with E-state index in [0.29, 0.717) is 17.9 Å². The van der Waals surface area contributed by atoms with E-state index in [1.165, 1.54) is 17.8 Å². The van der Waals surface area contributed by atoms with E-state index in [-0.39, 0.29) is 5.69 Å². The highest BCUT2D eigenvalue weighted by molar-refractivity contribution is 5.49. The number of aromatic nitrogens is 1. The van der Waals surface area contributed by atoms with Crippen LogP contribution in [0.2, 0.25) is 0 Å². The molecular formula is C14H15N3O2. The number of hydrogen-bond donors (Lipinski definition) is 1. The molecule has 0 saturated carbocycles. The number of aryl methyl sites for hydroxylation is 2. The predicted molar refractivity (Wildman–Crippen MR) is 74.1 cm³/mol. The van der Waals surface area contributed by atoms with Crippen molar-refractivity contribution < 1.29 is 4.92 Å². The molecule has 0 saturated heterocycles. The van der Waals surface area contributed by atoms with Crippen LogP contribution in [0.1, 0.15) is 16.7 Å². The normalized spacial score (nSPS) is 10.2. The van der Waals surface area contributed by atoms with Crippen LogP contribution in [0.4, 0.5) is 11.5 Å². The number of nitro groups is 1. The topological polar surface area (TPSA) is 68.1 Å². The van der Waals surface area contributed by atoms with E-state index in [4.69, 9.17) is 0 Å². The standard InChI is InChI=1S/C14H15N3O2/c1-10-5-3-4-6-12(10)9-16-14-7-13(17(18)19)11(2)8-15-14/h3-8H,9H2,1-2H3,(H,15,16). The summed E-state index contributed by atoms with van der Waals surface area (Å²) in [4.78, 5) is 14.6. The molecule has 0 unspecified atom stereocenters. The number of pyridine rings is 1. The molecule has 0 bridgehead atoms. The van der Waals surface area contributed by atoms with Gasteiger partial charge in [0.25, 0.3) is 5.69 Å². The first-order chi connectivity index (χ1) is 9.08. The average Bonchev–Trinajstić information content (AvgIpc) is 2.39. The number of nitrogens with one attached hydrogen (secondary N) is 1. The van der Waals surface area contributed by atoms with Gasteiger partial charge in [-0.3, -0.25) is 10.1 Å². The van der Waals surface area contributed by atoms with Crippen LogP contribution in [0.3, 0.4) is 0 Å². The molecule has 1 aromatic carbocycles. The zero-order chi connectivity index (χ0) is 13.8. The Morgan fingerprint density at radius 3 is 2.68 bits per heavy atom. The molecule has 0 atom stereocenters. The maximum Gasteiger partial charge on any atom is 0.277 e. The van der Waals surface area contributed by atoms with Gasteiger partial charge in [-0.2, -0.15) is 0 Å². The minimum atomic E-state index is -0.393. The number of benzene rings is 1. The molecule has 98 valence electrons. The molecule has 0 aliphatic rings. The summed E-state index contributed by atoms with van der Waals surface area (Å²) in [5.41, 5.74) is 2.97. The third kappa shape index (κ3) is 3.07. The summed E-state index contributed by atoms with van der Waals surface area (Å²) in [6.45, 7) is 4.30. The molecule has 1 N–H and O–H groups in total. The van der Waals surface area contributed by atoms with Gasteiger partial charge in [-0.25, -0.2) is 4.98 Å². The van der Waals surface area contributed by atoms with Crippen molar-refractivity contribution in [2.45, 2.75) is 20.4 Å². The van der Waals surface area contributed by atoms with Gasteiger partial charge in [0, 0.05) is 18.3 Å². The first-order valence-electron chi connectivity index (χ1n) is 5.97. The van der Waals surface area contributed by atoms with Crippen molar-refractivity contribution in [2.75, 3.05) is 5.32 Å². The van der Waals surface area contributed by atoms with Crippen molar-refractivity contribution in [3.63, 3.8) is 0 Å². The van der Waals surface area contributed by atoms with Crippen LogP contribution < -0.4 is 5.32 Å². The van der Waals surface area contributed by atoms with E-state index >= 15 is 0 Å². The number of anilines is 1. The second-order valence-corrected chi connectivity index (χ2v) is 4.39. The zero-order valence-corrected chi connectivity index (χ0v) is 10.9. The van der Waals surface area contributed by atoms with Crippen LogP contribution in [0.25, 0.3) is 0 Å². The van der Waals surface area contributed by atoms with E-state index in [2.05, 4.69) is 10.3 Å². The maximum absolute atomic E-state index is 10.9. The van der Waals surface area contributed by atoms with Gasteiger partial charge in [-0.05, 0) is 25.0 Å². The van der Waals surface area contributed by atoms with Crippen molar-refractivity contribution in [1.29, 1.82) is 0 Å². The lowest BCUT2D eigenvalue weighted by molar-refractivity contribution is -0.385. The molecule has 0 spiro atoms. The Kier molecular flexibility index (Phi) is 3.75. The van der Waals surface area contributed by atoms with E-state index < -0.39 is 4.92 Å². The van der Waals surface area contributed by atoms with E-state index in [1.54, 1.807) is 6.92 Å². The monoisotopic (exact) mass is 257 g/mol. The van der Waals surface area contributed by atoms with Crippen LogP contribution in [0, 0.1) is 24.0 Å². The zero-order valence-electron chi connectivity index (χ0n) is 10.9. The Morgan fingerprint density at radius 2 is 2.00 bits per heavy atom. The van der Waals surface area contributed by atoms with Gasteiger partial charge in [0.1, 0.15) is 5.82 Å². The molecule has 0 aliphatic carbocycles. The third-order valence-electron chi connectivity index (χ3n) is 2.99. The van der Waals surface area contributed by atoms with Crippen molar-refractivity contribution in [3.8, 4) is 0 Å². The van der Waals surface area contributed by atoms with E-state index in [9.17, 15) is 10.1 Å². The molecule has 0 aliphatic heterocycles. The van der Waals surface area contributed by atoms with Crippen LogP contribution >= 0.6 is 0 Å².